The Bertz CT molecular complexity index is 453. The Labute approximate surface area is 252 Å². The summed E-state index contributed by atoms with van der Waals surface area (Å²) in [5, 5.41) is 39.7. The summed E-state index contributed by atoms with van der Waals surface area (Å²) in [6.45, 7) is 8.55. The molecule has 0 saturated heterocycles. The van der Waals surface area contributed by atoms with Crippen LogP contribution in [0.1, 0.15) is 182 Å². The van der Waals surface area contributed by atoms with Crippen molar-refractivity contribution in [2.45, 2.75) is 182 Å². The van der Waals surface area contributed by atoms with E-state index in [1.54, 1.807) is 0 Å². The van der Waals surface area contributed by atoms with E-state index in [0.717, 1.165) is 77.0 Å². The minimum atomic E-state index is -0.920. The third kappa shape index (κ3) is 72.8. The summed E-state index contributed by atoms with van der Waals surface area (Å²) in [4.78, 5) is 39.7. The van der Waals surface area contributed by atoms with Crippen molar-refractivity contribution in [1.29, 1.82) is 0 Å². The second-order valence-corrected chi connectivity index (χ2v) is 10.1. The fourth-order valence-corrected chi connectivity index (χ4v) is 3.49. The molecule has 0 fully saturated rings. The van der Waals surface area contributed by atoms with Crippen molar-refractivity contribution in [3.8, 4) is 0 Å². The number of carbonyl (C=O) groups is 4. The first-order valence-corrected chi connectivity index (χ1v) is 15.9. The summed E-state index contributed by atoms with van der Waals surface area (Å²) in [6, 6.07) is 0. The number of hydrogen-bond donors (Lipinski definition) is 0. The van der Waals surface area contributed by atoms with E-state index in [4.69, 9.17) is 0 Å². The maximum atomic E-state index is 9.92. The Morgan fingerprint density at radius 3 is 0.585 bits per heavy atom. The Balaban J connectivity index is -0.000000139. The van der Waals surface area contributed by atoms with Gasteiger partial charge in [0.2, 0.25) is 0 Å². The molecule has 0 aromatic rings. The van der Waals surface area contributed by atoms with E-state index in [2.05, 4.69) is 27.7 Å². The van der Waals surface area contributed by atoms with Crippen molar-refractivity contribution in [1.82, 2.24) is 0 Å². The topological polar surface area (TPSA) is 161 Å². The van der Waals surface area contributed by atoms with Gasteiger partial charge in [0.15, 0.2) is 0 Å². The molecule has 0 radical (unpaired) electrons. The fraction of sp³-hybridized carbons (Fsp3) is 0.848. The first-order valence-electron chi connectivity index (χ1n) is 15.9. The Kier molecular flexibility index (Phi) is 53.2. The summed E-state index contributed by atoms with van der Waals surface area (Å²) in [7, 11) is 0. The normalized spacial score (nSPS) is 9.46. The van der Waals surface area contributed by atoms with E-state index in [1.165, 1.54) is 51.4 Å². The molecule has 0 aliphatic carbocycles. The van der Waals surface area contributed by atoms with Gasteiger partial charge in [-0.15, -0.1) is 0 Å². The number of carboxylic acid groups (broad SMARTS) is 4. The van der Waals surface area contributed by atoms with Crippen LogP contribution in [-0.4, -0.2) is 23.9 Å². The van der Waals surface area contributed by atoms with Crippen LogP contribution in [0.25, 0.3) is 0 Å². The van der Waals surface area contributed by atoms with Gasteiger partial charge in [-0.25, -0.2) is 0 Å². The molecule has 0 spiro atoms. The summed E-state index contributed by atoms with van der Waals surface area (Å²) in [6.07, 6.45) is 22.4. The summed E-state index contributed by atoms with van der Waals surface area (Å²) in [5.41, 5.74) is 0. The SMILES string of the molecule is CCCCCCCC(=O)[O-].CCCCCCCC(=O)[O-].CCCCCCCC(=O)[O-].CCCCCCCC(=O)[O-].[C+4]. The molecule has 0 heterocycles. The zero-order valence-corrected chi connectivity index (χ0v) is 26.7. The molecule has 0 aliphatic rings. The average Bonchev–Trinajstić information content (AvgIpc) is 2.89. The fourth-order valence-electron chi connectivity index (χ4n) is 3.49. The van der Waals surface area contributed by atoms with Gasteiger partial charge < -0.3 is 39.6 Å². The van der Waals surface area contributed by atoms with Gasteiger partial charge in [0.05, 0.1) is 0 Å². The van der Waals surface area contributed by atoms with Gasteiger partial charge in [-0.2, -0.15) is 0 Å². The number of hydrogen-bond acceptors (Lipinski definition) is 8. The van der Waals surface area contributed by atoms with Crippen LogP contribution in [0.15, 0.2) is 0 Å². The quantitative estimate of drug-likeness (QED) is 0.150. The minimum Gasteiger partial charge on any atom is -0.550 e. The predicted molar refractivity (Wildman–Crippen MR) is 157 cm³/mol. The van der Waals surface area contributed by atoms with Gasteiger partial charge in [-0.1, -0.05) is 130 Å². The number of rotatable bonds is 24. The van der Waals surface area contributed by atoms with Crippen LogP contribution in [-0.2, 0) is 19.2 Å². The number of carboxylic acids is 4. The zero-order chi connectivity index (χ0) is 31.3. The third-order valence-electron chi connectivity index (χ3n) is 5.94. The van der Waals surface area contributed by atoms with Crippen LogP contribution in [0, 0.1) is 7.43 Å². The first kappa shape index (κ1) is 48.6. The third-order valence-corrected chi connectivity index (χ3v) is 5.94. The molecule has 0 rings (SSSR count). The van der Waals surface area contributed by atoms with Crippen LogP contribution < -0.4 is 20.4 Å². The number of unbranched alkanes of at least 4 members (excludes halogenated alkanes) is 16. The average molecular weight is 585 g/mol. The first-order chi connectivity index (χ1) is 19.1. The molecule has 8 nitrogen and oxygen atoms in total. The van der Waals surface area contributed by atoms with Gasteiger partial charge >= 0.3 is 7.43 Å². The molecule has 0 aliphatic heterocycles. The van der Waals surface area contributed by atoms with Gasteiger partial charge in [0.1, 0.15) is 0 Å². The Morgan fingerprint density at radius 2 is 0.463 bits per heavy atom. The molecule has 0 saturated carbocycles. The van der Waals surface area contributed by atoms with Gasteiger partial charge in [-0.3, -0.25) is 0 Å². The van der Waals surface area contributed by atoms with E-state index >= 15 is 0 Å². The van der Waals surface area contributed by atoms with Crippen molar-refractivity contribution in [3.63, 3.8) is 0 Å². The maximum absolute atomic E-state index is 9.92. The smallest absolute Gasteiger partial charge is 0.550 e. The molecule has 8 heteroatoms. The molecule has 0 amide bonds. The van der Waals surface area contributed by atoms with E-state index < -0.39 is 23.9 Å². The van der Waals surface area contributed by atoms with Crippen molar-refractivity contribution in [2.75, 3.05) is 0 Å². The van der Waals surface area contributed by atoms with E-state index in [9.17, 15) is 39.6 Å². The van der Waals surface area contributed by atoms with E-state index in [0.29, 0.717) is 0 Å². The molecule has 41 heavy (non-hydrogen) atoms. The van der Waals surface area contributed by atoms with Crippen molar-refractivity contribution in [2.24, 2.45) is 0 Å². The van der Waals surface area contributed by atoms with Crippen LogP contribution in [0.4, 0.5) is 0 Å². The molecule has 240 valence electrons. The van der Waals surface area contributed by atoms with Crippen LogP contribution in [0.3, 0.4) is 0 Å². The number of carbonyl (C=O) groups excluding carboxylic acids is 4. The predicted octanol–water partition coefficient (Wildman–Crippen LogP) is 4.47. The standard InChI is InChI=1S/4C8H16O2.C/c4*1-2-3-4-5-6-7-8(9)10;/h4*2-7H2,1H3,(H,9,10);/q;;;;+4/p-4. The Hall–Kier alpha value is -2.12. The van der Waals surface area contributed by atoms with Crippen LogP contribution in [0.5, 0.6) is 0 Å². The molecule has 0 N–H and O–H groups in total. The van der Waals surface area contributed by atoms with Gasteiger partial charge in [0.25, 0.3) is 0 Å². The van der Waals surface area contributed by atoms with E-state index in [1.807, 2.05) is 0 Å². The second-order valence-electron chi connectivity index (χ2n) is 10.1. The molecule has 0 bridgehead atoms. The maximum Gasteiger partial charge on any atom is 4.00 e. The van der Waals surface area contributed by atoms with Crippen molar-refractivity contribution in [3.05, 3.63) is 7.43 Å². The Morgan fingerprint density at radius 1 is 0.317 bits per heavy atom. The minimum absolute atomic E-state index is 0. The van der Waals surface area contributed by atoms with Crippen molar-refractivity contribution >= 4 is 23.9 Å². The zero-order valence-electron chi connectivity index (χ0n) is 26.7. The summed E-state index contributed by atoms with van der Waals surface area (Å²) < 4.78 is 0. The molecule has 0 aromatic carbocycles. The van der Waals surface area contributed by atoms with E-state index in [-0.39, 0.29) is 33.1 Å². The molecule has 0 unspecified atom stereocenters. The molecular weight excluding hydrogens is 524 g/mol. The second kappa shape index (κ2) is 44.9. The largest absolute Gasteiger partial charge is 4.00 e. The monoisotopic (exact) mass is 584 g/mol. The van der Waals surface area contributed by atoms with Gasteiger partial charge in [-0.05, 0) is 51.4 Å². The summed E-state index contributed by atoms with van der Waals surface area (Å²) in [5.74, 6) is -3.68. The molecule has 0 aromatic heterocycles. The van der Waals surface area contributed by atoms with Crippen LogP contribution in [0.2, 0.25) is 0 Å². The van der Waals surface area contributed by atoms with Crippen molar-refractivity contribution < 1.29 is 39.6 Å². The summed E-state index contributed by atoms with van der Waals surface area (Å²) >= 11 is 0. The molecular formula is C33H60O8. The number of aliphatic carboxylic acids is 4. The van der Waals surface area contributed by atoms with Crippen LogP contribution >= 0.6 is 0 Å². The van der Waals surface area contributed by atoms with Gasteiger partial charge in [0, 0.05) is 23.9 Å². The molecule has 0 atom stereocenters.